The van der Waals surface area contributed by atoms with Gasteiger partial charge >= 0.3 is 0 Å². The van der Waals surface area contributed by atoms with Crippen LogP contribution < -0.4 is 4.74 Å². The highest BCUT2D eigenvalue weighted by molar-refractivity contribution is 5.89. The van der Waals surface area contributed by atoms with Gasteiger partial charge in [-0.25, -0.2) is 14.6 Å². The first-order valence-electron chi connectivity index (χ1n) is 5.16. The molecule has 0 fully saturated rings. The molecule has 2 heterocycles. The molecule has 2 aromatic heterocycles. The van der Waals surface area contributed by atoms with E-state index in [2.05, 4.69) is 15.1 Å². The minimum Gasteiger partial charge on any atom is -0.497 e. The second-order valence-electron chi connectivity index (χ2n) is 3.56. The molecule has 0 amide bonds. The summed E-state index contributed by atoms with van der Waals surface area (Å²) in [5, 5.41) is 6.16. The van der Waals surface area contributed by atoms with Crippen molar-refractivity contribution in [2.45, 2.75) is 0 Å². The van der Waals surface area contributed by atoms with Crippen LogP contribution in [0.3, 0.4) is 0 Å². The van der Waals surface area contributed by atoms with Crippen LogP contribution in [-0.4, -0.2) is 26.9 Å². The van der Waals surface area contributed by atoms with E-state index in [-0.39, 0.29) is 0 Å². The smallest absolute Gasteiger partial charge is 0.163 e. The molecule has 5 nitrogen and oxygen atoms in total. The van der Waals surface area contributed by atoms with Crippen molar-refractivity contribution in [3.8, 4) is 11.6 Å². The number of fused-ring (bicyclic) bond motifs is 1. The summed E-state index contributed by atoms with van der Waals surface area (Å²) in [4.78, 5) is 8.25. The standard InChI is InChI=1S/C12H10N4O/c1-17-10-2-3-11-9(6-10)4-5-14-12(11)16-8-13-7-15-16/h2-8H,1H3. The van der Waals surface area contributed by atoms with Crippen molar-refractivity contribution in [3.63, 3.8) is 0 Å². The van der Waals surface area contributed by atoms with Crippen LogP contribution in [0.1, 0.15) is 0 Å². The highest BCUT2D eigenvalue weighted by Crippen LogP contribution is 2.23. The predicted molar refractivity (Wildman–Crippen MR) is 63.2 cm³/mol. The molecule has 0 unspecified atom stereocenters. The molecule has 0 atom stereocenters. The number of rotatable bonds is 2. The lowest BCUT2D eigenvalue weighted by Gasteiger charge is -2.06. The molecule has 5 heteroatoms. The zero-order valence-electron chi connectivity index (χ0n) is 9.24. The van der Waals surface area contributed by atoms with Gasteiger partial charge in [0.2, 0.25) is 0 Å². The Morgan fingerprint density at radius 3 is 2.94 bits per heavy atom. The molecule has 0 saturated heterocycles. The highest BCUT2D eigenvalue weighted by atomic mass is 16.5. The third kappa shape index (κ3) is 1.61. The first kappa shape index (κ1) is 9.77. The molecule has 0 aliphatic rings. The number of pyridine rings is 1. The second-order valence-corrected chi connectivity index (χ2v) is 3.56. The maximum atomic E-state index is 5.20. The van der Waals surface area contributed by atoms with E-state index >= 15 is 0 Å². The number of benzene rings is 1. The Labute approximate surface area is 97.7 Å². The molecular weight excluding hydrogens is 216 g/mol. The number of nitrogens with zero attached hydrogens (tertiary/aromatic N) is 4. The van der Waals surface area contributed by atoms with E-state index in [1.165, 1.54) is 6.33 Å². The van der Waals surface area contributed by atoms with Crippen LogP contribution in [-0.2, 0) is 0 Å². The highest BCUT2D eigenvalue weighted by Gasteiger charge is 2.05. The quantitative estimate of drug-likeness (QED) is 0.668. The van der Waals surface area contributed by atoms with Gasteiger partial charge in [0.15, 0.2) is 5.82 Å². The van der Waals surface area contributed by atoms with Gasteiger partial charge in [0, 0.05) is 11.6 Å². The van der Waals surface area contributed by atoms with Gasteiger partial charge < -0.3 is 4.74 Å². The van der Waals surface area contributed by atoms with E-state index in [4.69, 9.17) is 4.74 Å². The van der Waals surface area contributed by atoms with Crippen molar-refractivity contribution in [1.29, 1.82) is 0 Å². The number of ether oxygens (including phenoxy) is 1. The minimum absolute atomic E-state index is 0.766. The predicted octanol–water partition coefficient (Wildman–Crippen LogP) is 1.82. The summed E-state index contributed by atoms with van der Waals surface area (Å²) in [5.74, 6) is 1.59. The lowest BCUT2D eigenvalue weighted by atomic mass is 10.1. The Hall–Kier alpha value is -2.43. The summed E-state index contributed by atoms with van der Waals surface area (Å²) in [6, 6.07) is 7.79. The summed E-state index contributed by atoms with van der Waals surface area (Å²) < 4.78 is 6.85. The molecule has 1 aromatic carbocycles. The van der Waals surface area contributed by atoms with Crippen molar-refractivity contribution in [3.05, 3.63) is 43.1 Å². The van der Waals surface area contributed by atoms with Crippen LogP contribution in [0.25, 0.3) is 16.6 Å². The number of aromatic nitrogens is 4. The summed E-state index contributed by atoms with van der Waals surface area (Å²) in [5.41, 5.74) is 0. The number of hydrogen-bond acceptors (Lipinski definition) is 4. The molecule has 17 heavy (non-hydrogen) atoms. The second kappa shape index (κ2) is 3.86. The topological polar surface area (TPSA) is 52.8 Å². The Bertz CT molecular complexity index is 649. The van der Waals surface area contributed by atoms with Gasteiger partial charge in [-0.05, 0) is 29.7 Å². The third-order valence-electron chi connectivity index (χ3n) is 2.59. The molecule has 0 saturated carbocycles. The number of hydrogen-bond donors (Lipinski definition) is 0. The van der Waals surface area contributed by atoms with Gasteiger partial charge in [-0.3, -0.25) is 0 Å². The van der Waals surface area contributed by atoms with E-state index in [0.717, 1.165) is 22.3 Å². The lowest BCUT2D eigenvalue weighted by molar-refractivity contribution is 0.415. The zero-order chi connectivity index (χ0) is 11.7. The van der Waals surface area contributed by atoms with Gasteiger partial charge in [0.25, 0.3) is 0 Å². The average molecular weight is 226 g/mol. The van der Waals surface area contributed by atoms with Crippen LogP contribution in [0.5, 0.6) is 5.75 Å². The molecule has 0 N–H and O–H groups in total. The van der Waals surface area contributed by atoms with Gasteiger partial charge in [0.1, 0.15) is 18.4 Å². The Morgan fingerprint density at radius 1 is 1.24 bits per heavy atom. The SMILES string of the molecule is COc1ccc2c(-n3cncn3)nccc2c1. The van der Waals surface area contributed by atoms with Crippen LogP contribution in [0.15, 0.2) is 43.1 Å². The Kier molecular flexibility index (Phi) is 2.22. The maximum Gasteiger partial charge on any atom is 0.163 e. The van der Waals surface area contributed by atoms with Crippen molar-refractivity contribution < 1.29 is 4.74 Å². The first-order chi connectivity index (χ1) is 8.38. The minimum atomic E-state index is 0.766. The molecule has 0 aliphatic heterocycles. The fraction of sp³-hybridized carbons (Fsp3) is 0.0833. The number of methoxy groups -OCH3 is 1. The monoisotopic (exact) mass is 226 g/mol. The van der Waals surface area contributed by atoms with Crippen molar-refractivity contribution in [1.82, 2.24) is 19.7 Å². The summed E-state index contributed by atoms with van der Waals surface area (Å²) >= 11 is 0. The molecule has 3 aromatic rings. The molecule has 3 rings (SSSR count). The third-order valence-corrected chi connectivity index (χ3v) is 2.59. The largest absolute Gasteiger partial charge is 0.497 e. The Balaban J connectivity index is 2.27. The van der Waals surface area contributed by atoms with Crippen LogP contribution in [0.2, 0.25) is 0 Å². The van der Waals surface area contributed by atoms with Crippen molar-refractivity contribution in [2.75, 3.05) is 7.11 Å². The molecule has 0 radical (unpaired) electrons. The van der Waals surface area contributed by atoms with Gasteiger partial charge in [-0.2, -0.15) is 5.10 Å². The van der Waals surface area contributed by atoms with Gasteiger partial charge in [-0.15, -0.1) is 0 Å². The zero-order valence-corrected chi connectivity index (χ0v) is 9.24. The van der Waals surface area contributed by atoms with E-state index in [1.807, 2.05) is 24.3 Å². The fourth-order valence-electron chi connectivity index (χ4n) is 1.77. The molecular formula is C12H10N4O. The molecule has 0 spiro atoms. The van der Waals surface area contributed by atoms with E-state index < -0.39 is 0 Å². The van der Waals surface area contributed by atoms with Crippen molar-refractivity contribution in [2.24, 2.45) is 0 Å². The first-order valence-corrected chi connectivity index (χ1v) is 5.16. The van der Waals surface area contributed by atoms with Crippen LogP contribution >= 0.6 is 0 Å². The Morgan fingerprint density at radius 2 is 2.18 bits per heavy atom. The average Bonchev–Trinajstić information content (AvgIpc) is 2.91. The van der Waals surface area contributed by atoms with E-state index in [1.54, 1.807) is 24.3 Å². The van der Waals surface area contributed by atoms with Gasteiger partial charge in [-0.1, -0.05) is 0 Å². The summed E-state index contributed by atoms with van der Waals surface area (Å²) in [7, 11) is 1.65. The molecule has 0 aliphatic carbocycles. The fourth-order valence-corrected chi connectivity index (χ4v) is 1.77. The van der Waals surface area contributed by atoms with Crippen molar-refractivity contribution >= 4 is 10.8 Å². The maximum absolute atomic E-state index is 5.20. The van der Waals surface area contributed by atoms with E-state index in [0.29, 0.717) is 0 Å². The normalized spacial score (nSPS) is 10.6. The van der Waals surface area contributed by atoms with Crippen LogP contribution in [0, 0.1) is 0 Å². The van der Waals surface area contributed by atoms with Gasteiger partial charge in [0.05, 0.1) is 7.11 Å². The molecule has 84 valence electrons. The van der Waals surface area contributed by atoms with E-state index in [9.17, 15) is 0 Å². The molecule has 0 bridgehead atoms. The summed E-state index contributed by atoms with van der Waals surface area (Å²) in [6.45, 7) is 0. The summed E-state index contributed by atoms with van der Waals surface area (Å²) in [6.07, 6.45) is 4.87. The van der Waals surface area contributed by atoms with Crippen LogP contribution in [0.4, 0.5) is 0 Å². The lowest BCUT2D eigenvalue weighted by Crippen LogP contribution is -1.98.